The smallest absolute Gasteiger partial charge is 0.245 e. The van der Waals surface area contributed by atoms with Gasteiger partial charge in [0.25, 0.3) is 0 Å². The zero-order valence-electron chi connectivity index (χ0n) is 13.2. The number of hydrogen-bond donors (Lipinski definition) is 2. The Labute approximate surface area is 141 Å². The van der Waals surface area contributed by atoms with Crippen LogP contribution in [0.2, 0.25) is 0 Å². The first-order chi connectivity index (χ1) is 11.7. The lowest BCUT2D eigenvalue weighted by molar-refractivity contribution is -0.137. The van der Waals surface area contributed by atoms with Gasteiger partial charge in [-0.25, -0.2) is 5.01 Å². The van der Waals surface area contributed by atoms with Crippen LogP contribution >= 0.6 is 0 Å². The van der Waals surface area contributed by atoms with E-state index >= 15 is 0 Å². The molecule has 0 saturated carbocycles. The van der Waals surface area contributed by atoms with Crippen LogP contribution in [-0.4, -0.2) is 23.4 Å². The molecule has 0 aromatic heterocycles. The highest BCUT2D eigenvalue weighted by atomic mass is 16.2. The van der Waals surface area contributed by atoms with Crippen molar-refractivity contribution in [1.82, 2.24) is 15.8 Å². The highest BCUT2D eigenvalue weighted by Gasteiger charge is 2.21. The standard InChI is InChI=1S/C19H19N3O2/c23-18(20-13-15-7-3-1-4-8-15)14-22-19(24)12-11-17(21-22)16-9-5-2-6-10-16/h1-11,21H,12-14H2,(H,20,23). The van der Waals surface area contributed by atoms with Crippen LogP contribution < -0.4 is 10.7 Å². The van der Waals surface area contributed by atoms with Gasteiger partial charge in [-0.3, -0.25) is 15.0 Å². The van der Waals surface area contributed by atoms with E-state index in [0.29, 0.717) is 6.54 Å². The van der Waals surface area contributed by atoms with E-state index in [2.05, 4.69) is 10.7 Å². The molecule has 1 aliphatic heterocycles. The van der Waals surface area contributed by atoms with Crippen molar-refractivity contribution in [2.45, 2.75) is 13.0 Å². The molecule has 0 fully saturated rings. The van der Waals surface area contributed by atoms with Gasteiger partial charge >= 0.3 is 0 Å². The summed E-state index contributed by atoms with van der Waals surface area (Å²) in [5.74, 6) is -0.321. The Morgan fingerprint density at radius 2 is 1.71 bits per heavy atom. The number of nitrogens with zero attached hydrogens (tertiary/aromatic N) is 1. The highest BCUT2D eigenvalue weighted by molar-refractivity contribution is 5.88. The average molecular weight is 321 g/mol. The third kappa shape index (κ3) is 4.01. The Bertz CT molecular complexity index is 742. The molecule has 2 amide bonds. The molecule has 0 saturated heterocycles. The number of hydrogen-bond acceptors (Lipinski definition) is 3. The fourth-order valence-electron chi connectivity index (χ4n) is 2.48. The Morgan fingerprint density at radius 1 is 1.04 bits per heavy atom. The van der Waals surface area contributed by atoms with Crippen molar-refractivity contribution >= 4 is 17.5 Å². The Kier molecular flexibility index (Phi) is 4.91. The summed E-state index contributed by atoms with van der Waals surface area (Å²) in [6.07, 6.45) is 2.12. The van der Waals surface area contributed by atoms with Gasteiger partial charge in [0, 0.05) is 13.0 Å². The average Bonchev–Trinajstić information content (AvgIpc) is 2.63. The van der Waals surface area contributed by atoms with Gasteiger partial charge in [0.2, 0.25) is 11.8 Å². The minimum atomic E-state index is -0.200. The predicted octanol–water partition coefficient (Wildman–Crippen LogP) is 2.08. The van der Waals surface area contributed by atoms with Crippen LogP contribution in [0.5, 0.6) is 0 Å². The molecule has 0 radical (unpaired) electrons. The van der Waals surface area contributed by atoms with Crippen molar-refractivity contribution in [3.05, 3.63) is 77.9 Å². The maximum Gasteiger partial charge on any atom is 0.245 e. The van der Waals surface area contributed by atoms with E-state index in [1.165, 1.54) is 5.01 Å². The van der Waals surface area contributed by atoms with Crippen LogP contribution in [0.25, 0.3) is 5.70 Å². The summed E-state index contributed by atoms with van der Waals surface area (Å²) in [5, 5.41) is 4.19. The van der Waals surface area contributed by atoms with Crippen molar-refractivity contribution in [2.24, 2.45) is 0 Å². The lowest BCUT2D eigenvalue weighted by Gasteiger charge is -2.28. The molecule has 0 bridgehead atoms. The largest absolute Gasteiger partial charge is 0.350 e. The molecule has 0 spiro atoms. The molecule has 24 heavy (non-hydrogen) atoms. The van der Waals surface area contributed by atoms with Crippen molar-refractivity contribution in [1.29, 1.82) is 0 Å². The molecular weight excluding hydrogens is 302 g/mol. The third-order valence-electron chi connectivity index (χ3n) is 3.76. The van der Waals surface area contributed by atoms with Crippen molar-refractivity contribution < 1.29 is 9.59 Å². The van der Waals surface area contributed by atoms with E-state index in [9.17, 15) is 9.59 Å². The second kappa shape index (κ2) is 7.46. The molecule has 0 atom stereocenters. The molecule has 3 rings (SSSR count). The Balaban J connectivity index is 1.57. The molecule has 5 nitrogen and oxygen atoms in total. The first kappa shape index (κ1) is 15.8. The van der Waals surface area contributed by atoms with Gasteiger partial charge in [-0.1, -0.05) is 60.7 Å². The second-order valence-electron chi connectivity index (χ2n) is 5.54. The van der Waals surface area contributed by atoms with E-state index < -0.39 is 0 Å². The number of amides is 2. The maximum absolute atomic E-state index is 12.1. The number of benzene rings is 2. The molecule has 1 heterocycles. The Morgan fingerprint density at radius 3 is 2.42 bits per heavy atom. The zero-order valence-corrected chi connectivity index (χ0v) is 13.2. The maximum atomic E-state index is 12.1. The van der Waals surface area contributed by atoms with Crippen molar-refractivity contribution in [3.8, 4) is 0 Å². The molecule has 2 N–H and O–H groups in total. The van der Waals surface area contributed by atoms with Crippen LogP contribution in [0.15, 0.2) is 66.7 Å². The number of carbonyl (C=O) groups is 2. The van der Waals surface area contributed by atoms with Crippen molar-refractivity contribution in [3.63, 3.8) is 0 Å². The van der Waals surface area contributed by atoms with Crippen LogP contribution in [0.1, 0.15) is 17.5 Å². The van der Waals surface area contributed by atoms with Gasteiger partial charge in [-0.2, -0.15) is 0 Å². The molecule has 1 aliphatic rings. The number of carbonyl (C=O) groups excluding carboxylic acids is 2. The summed E-state index contributed by atoms with van der Waals surface area (Å²) in [7, 11) is 0. The summed E-state index contributed by atoms with van der Waals surface area (Å²) >= 11 is 0. The van der Waals surface area contributed by atoms with Crippen LogP contribution in [0, 0.1) is 0 Å². The monoisotopic (exact) mass is 321 g/mol. The first-order valence-electron chi connectivity index (χ1n) is 7.85. The number of nitrogens with one attached hydrogen (secondary N) is 2. The van der Waals surface area contributed by atoms with Crippen LogP contribution in [-0.2, 0) is 16.1 Å². The van der Waals surface area contributed by atoms with Gasteiger partial charge in [-0.05, 0) is 17.2 Å². The minimum Gasteiger partial charge on any atom is -0.350 e. The zero-order chi connectivity index (χ0) is 16.8. The molecule has 122 valence electrons. The SMILES string of the molecule is O=C(CN1NC(c2ccccc2)=CCC1=O)NCc1ccccc1. The van der Waals surface area contributed by atoms with E-state index in [4.69, 9.17) is 0 Å². The van der Waals surface area contributed by atoms with E-state index in [-0.39, 0.29) is 24.8 Å². The fraction of sp³-hybridized carbons (Fsp3) is 0.158. The summed E-state index contributed by atoms with van der Waals surface area (Å²) in [5.41, 5.74) is 5.88. The molecule has 0 aliphatic carbocycles. The minimum absolute atomic E-state index is 0.0180. The van der Waals surface area contributed by atoms with Gasteiger partial charge < -0.3 is 5.32 Å². The van der Waals surface area contributed by atoms with Crippen LogP contribution in [0.4, 0.5) is 0 Å². The van der Waals surface area contributed by atoms with Gasteiger partial charge in [0.1, 0.15) is 6.54 Å². The molecule has 2 aromatic rings. The van der Waals surface area contributed by atoms with Gasteiger partial charge in [-0.15, -0.1) is 0 Å². The molecular formula is C19H19N3O2. The molecule has 2 aromatic carbocycles. The second-order valence-corrected chi connectivity index (χ2v) is 5.54. The van der Waals surface area contributed by atoms with Gasteiger partial charge in [0.15, 0.2) is 0 Å². The van der Waals surface area contributed by atoms with E-state index in [1.54, 1.807) is 0 Å². The van der Waals surface area contributed by atoms with E-state index in [1.807, 2.05) is 66.7 Å². The van der Waals surface area contributed by atoms with Gasteiger partial charge in [0.05, 0.1) is 5.70 Å². The number of hydrazine groups is 1. The van der Waals surface area contributed by atoms with Crippen molar-refractivity contribution in [2.75, 3.05) is 6.54 Å². The summed E-state index contributed by atoms with van der Waals surface area (Å²) < 4.78 is 0. The number of rotatable bonds is 5. The van der Waals surface area contributed by atoms with E-state index in [0.717, 1.165) is 16.8 Å². The molecule has 5 heteroatoms. The summed E-state index contributed by atoms with van der Waals surface area (Å²) in [6, 6.07) is 19.4. The Hall–Kier alpha value is -3.08. The quantitative estimate of drug-likeness (QED) is 0.886. The lowest BCUT2D eigenvalue weighted by atomic mass is 10.1. The molecule has 0 unspecified atom stereocenters. The normalized spacial score (nSPS) is 13.9. The first-order valence-corrected chi connectivity index (χ1v) is 7.85. The third-order valence-corrected chi connectivity index (χ3v) is 3.76. The highest BCUT2D eigenvalue weighted by Crippen LogP contribution is 2.16. The van der Waals surface area contributed by atoms with Crippen LogP contribution in [0.3, 0.4) is 0 Å². The fourth-order valence-corrected chi connectivity index (χ4v) is 2.48. The summed E-state index contributed by atoms with van der Waals surface area (Å²) in [6.45, 7) is 0.429. The lowest BCUT2D eigenvalue weighted by Crippen LogP contribution is -2.49. The summed E-state index contributed by atoms with van der Waals surface area (Å²) in [4.78, 5) is 24.1. The predicted molar refractivity (Wildman–Crippen MR) is 92.2 cm³/mol. The topological polar surface area (TPSA) is 61.4 Å².